The average Bonchev–Trinajstić information content (AvgIpc) is 2.91. The van der Waals surface area contributed by atoms with Gasteiger partial charge in [0.05, 0.1) is 4.88 Å². The lowest BCUT2D eigenvalue weighted by Crippen LogP contribution is -2.40. The molecular weight excluding hydrogens is 308 g/mol. The molecule has 2 rings (SSSR count). The molecule has 0 radical (unpaired) electrons. The van der Waals surface area contributed by atoms with E-state index >= 15 is 0 Å². The second-order valence-corrected chi connectivity index (χ2v) is 6.40. The summed E-state index contributed by atoms with van der Waals surface area (Å²) in [5, 5.41) is 0. The predicted octanol–water partition coefficient (Wildman–Crippen LogP) is 3.40. The van der Waals surface area contributed by atoms with Crippen LogP contribution in [-0.4, -0.2) is 11.8 Å². The molecule has 0 spiro atoms. The summed E-state index contributed by atoms with van der Waals surface area (Å²) in [6, 6.07) is 9.65. The molecule has 2 amide bonds. The van der Waals surface area contributed by atoms with Crippen LogP contribution in [0.2, 0.25) is 0 Å². The molecular formula is C18H20N2O2S. The fraction of sp³-hybridized carbons (Fsp3) is 0.222. The highest BCUT2D eigenvalue weighted by molar-refractivity contribution is 7.14. The van der Waals surface area contributed by atoms with E-state index in [4.69, 9.17) is 0 Å². The highest BCUT2D eigenvalue weighted by atomic mass is 32.1. The summed E-state index contributed by atoms with van der Waals surface area (Å²) in [7, 11) is 0. The topological polar surface area (TPSA) is 58.2 Å². The Hall–Kier alpha value is -2.40. The van der Waals surface area contributed by atoms with Gasteiger partial charge in [-0.15, -0.1) is 11.3 Å². The predicted molar refractivity (Wildman–Crippen MR) is 94.3 cm³/mol. The monoisotopic (exact) mass is 328 g/mol. The molecule has 5 heteroatoms. The van der Waals surface area contributed by atoms with Gasteiger partial charge in [-0.3, -0.25) is 20.4 Å². The highest BCUT2D eigenvalue weighted by Crippen LogP contribution is 2.21. The quantitative estimate of drug-likeness (QED) is 0.667. The molecule has 120 valence electrons. The molecule has 1 aromatic carbocycles. The number of hydrazine groups is 1. The van der Waals surface area contributed by atoms with E-state index in [9.17, 15) is 9.59 Å². The third kappa shape index (κ3) is 4.79. The van der Waals surface area contributed by atoms with Gasteiger partial charge in [0.15, 0.2) is 0 Å². The molecule has 1 aromatic heterocycles. The third-order valence-corrected chi connectivity index (χ3v) is 4.71. The van der Waals surface area contributed by atoms with Gasteiger partial charge in [-0.05, 0) is 43.5 Å². The van der Waals surface area contributed by atoms with Crippen LogP contribution < -0.4 is 10.9 Å². The van der Waals surface area contributed by atoms with Crippen molar-refractivity contribution in [2.75, 3.05) is 0 Å². The van der Waals surface area contributed by atoms with Crippen molar-refractivity contribution in [1.29, 1.82) is 0 Å². The number of hydrogen-bond acceptors (Lipinski definition) is 3. The van der Waals surface area contributed by atoms with Gasteiger partial charge in [0.1, 0.15) is 0 Å². The fourth-order valence-electron chi connectivity index (χ4n) is 2.15. The largest absolute Gasteiger partial charge is 0.279 e. The second kappa shape index (κ2) is 7.74. The van der Waals surface area contributed by atoms with Gasteiger partial charge in [0, 0.05) is 11.0 Å². The Kier molecular flexibility index (Phi) is 5.71. The third-order valence-electron chi connectivity index (χ3n) is 3.33. The Morgan fingerprint density at radius 1 is 1.17 bits per heavy atom. The van der Waals surface area contributed by atoms with E-state index < -0.39 is 0 Å². The van der Waals surface area contributed by atoms with Crippen LogP contribution in [0.3, 0.4) is 0 Å². The van der Waals surface area contributed by atoms with Gasteiger partial charge in [-0.1, -0.05) is 36.8 Å². The molecule has 2 aromatic rings. The summed E-state index contributed by atoms with van der Waals surface area (Å²) in [6.07, 6.45) is 4.00. The smallest absolute Gasteiger partial charge is 0.268 e. The molecule has 23 heavy (non-hydrogen) atoms. The van der Waals surface area contributed by atoms with Crippen molar-refractivity contribution in [3.63, 3.8) is 0 Å². The van der Waals surface area contributed by atoms with E-state index in [0.29, 0.717) is 4.88 Å². The van der Waals surface area contributed by atoms with Gasteiger partial charge >= 0.3 is 0 Å². The van der Waals surface area contributed by atoms with E-state index in [2.05, 4.69) is 17.8 Å². The van der Waals surface area contributed by atoms with Gasteiger partial charge in [0.2, 0.25) is 0 Å². The molecule has 0 aliphatic rings. The molecule has 0 fully saturated rings. The van der Waals surface area contributed by atoms with E-state index in [0.717, 1.165) is 23.1 Å². The van der Waals surface area contributed by atoms with E-state index in [1.54, 1.807) is 6.08 Å². The van der Waals surface area contributed by atoms with Crippen molar-refractivity contribution >= 4 is 29.2 Å². The summed E-state index contributed by atoms with van der Waals surface area (Å²) >= 11 is 1.45. The first kappa shape index (κ1) is 17.0. The Morgan fingerprint density at radius 3 is 2.61 bits per heavy atom. The molecule has 4 nitrogen and oxygen atoms in total. The lowest BCUT2D eigenvalue weighted by atomic mass is 10.1. The van der Waals surface area contributed by atoms with Crippen LogP contribution in [0.5, 0.6) is 0 Å². The molecule has 0 saturated carbocycles. The molecule has 0 unspecified atom stereocenters. The fourth-order valence-corrected chi connectivity index (χ4v) is 3.16. The molecule has 0 aliphatic carbocycles. The van der Waals surface area contributed by atoms with Crippen LogP contribution in [0.15, 0.2) is 36.4 Å². The summed E-state index contributed by atoms with van der Waals surface area (Å²) in [5.41, 5.74) is 7.99. The van der Waals surface area contributed by atoms with Crippen molar-refractivity contribution in [2.45, 2.75) is 27.2 Å². The molecule has 0 saturated heterocycles. The first-order valence-corrected chi connectivity index (χ1v) is 8.25. The minimum Gasteiger partial charge on any atom is -0.268 e. The molecule has 0 atom stereocenters. The normalized spacial score (nSPS) is 10.7. The van der Waals surface area contributed by atoms with Gasteiger partial charge in [-0.2, -0.15) is 0 Å². The van der Waals surface area contributed by atoms with Crippen LogP contribution in [0, 0.1) is 13.8 Å². The van der Waals surface area contributed by atoms with Crippen molar-refractivity contribution in [1.82, 2.24) is 10.9 Å². The number of hydrogen-bond donors (Lipinski definition) is 2. The number of aryl methyl sites for hydroxylation is 3. The number of nitrogens with one attached hydrogen (secondary N) is 2. The first-order chi connectivity index (χ1) is 11.0. The lowest BCUT2D eigenvalue weighted by Gasteiger charge is -2.03. The maximum atomic E-state index is 12.0. The van der Waals surface area contributed by atoms with E-state index in [-0.39, 0.29) is 11.8 Å². The summed E-state index contributed by atoms with van der Waals surface area (Å²) in [6.45, 7) is 6.03. The molecule has 0 bridgehead atoms. The van der Waals surface area contributed by atoms with Crippen molar-refractivity contribution in [3.8, 4) is 0 Å². The lowest BCUT2D eigenvalue weighted by molar-refractivity contribution is -0.117. The summed E-state index contributed by atoms with van der Waals surface area (Å²) < 4.78 is 0. The maximum absolute atomic E-state index is 12.0. The number of carbonyl (C=O) groups is 2. The van der Waals surface area contributed by atoms with Crippen LogP contribution in [0.25, 0.3) is 6.08 Å². The minimum absolute atomic E-state index is 0.296. The van der Waals surface area contributed by atoms with Gasteiger partial charge in [0.25, 0.3) is 11.8 Å². The van der Waals surface area contributed by atoms with Crippen molar-refractivity contribution in [2.24, 2.45) is 0 Å². The van der Waals surface area contributed by atoms with Crippen LogP contribution in [0.1, 0.15) is 38.2 Å². The number of thiophene rings is 1. The zero-order chi connectivity index (χ0) is 16.8. The zero-order valence-corrected chi connectivity index (χ0v) is 14.3. The maximum Gasteiger partial charge on any atom is 0.279 e. The molecule has 1 heterocycles. The van der Waals surface area contributed by atoms with Crippen molar-refractivity contribution < 1.29 is 9.59 Å². The standard InChI is InChI=1S/C18H20N2O2S/c1-4-15-13(3)11-16(23-15)18(22)20-19-17(21)9-8-14-7-5-6-12(2)10-14/h5-11H,4H2,1-3H3,(H,19,21)(H,20,22)/b9-8+. The Labute approximate surface area is 140 Å². The van der Waals surface area contributed by atoms with Crippen molar-refractivity contribution in [3.05, 3.63) is 62.9 Å². The van der Waals surface area contributed by atoms with Gasteiger partial charge < -0.3 is 0 Å². The minimum atomic E-state index is -0.371. The van der Waals surface area contributed by atoms with Crippen LogP contribution in [-0.2, 0) is 11.2 Å². The van der Waals surface area contributed by atoms with E-state index in [1.165, 1.54) is 22.3 Å². The van der Waals surface area contributed by atoms with Crippen LogP contribution >= 0.6 is 11.3 Å². The number of carbonyl (C=O) groups excluding carboxylic acids is 2. The number of amides is 2. The summed E-state index contributed by atoms with van der Waals surface area (Å²) in [4.78, 5) is 25.5. The molecule has 0 aliphatic heterocycles. The Morgan fingerprint density at radius 2 is 1.96 bits per heavy atom. The second-order valence-electron chi connectivity index (χ2n) is 5.26. The SMILES string of the molecule is CCc1sc(C(=O)NNC(=O)/C=C/c2cccc(C)c2)cc1C. The van der Waals surface area contributed by atoms with Gasteiger partial charge in [-0.25, -0.2) is 0 Å². The van der Waals surface area contributed by atoms with E-state index in [1.807, 2.05) is 44.2 Å². The van der Waals surface area contributed by atoms with Crippen LogP contribution in [0.4, 0.5) is 0 Å². The highest BCUT2D eigenvalue weighted by Gasteiger charge is 2.11. The number of benzene rings is 1. The summed E-state index contributed by atoms with van der Waals surface area (Å²) in [5.74, 6) is -0.668. The average molecular weight is 328 g/mol. The Balaban J connectivity index is 1.89. The first-order valence-electron chi connectivity index (χ1n) is 7.44. The number of rotatable bonds is 4. The zero-order valence-electron chi connectivity index (χ0n) is 13.5. The molecule has 2 N–H and O–H groups in total. The Bertz CT molecular complexity index is 747.